The van der Waals surface area contributed by atoms with Crippen molar-refractivity contribution < 1.29 is 14.0 Å². The van der Waals surface area contributed by atoms with Crippen molar-refractivity contribution in [1.82, 2.24) is 10.2 Å². The van der Waals surface area contributed by atoms with Crippen LogP contribution in [0.5, 0.6) is 0 Å². The molecule has 2 atom stereocenters. The Kier molecular flexibility index (Phi) is 6.12. The molecule has 1 saturated carbocycles. The average molecular weight is 361 g/mol. The molecule has 5 nitrogen and oxygen atoms in total. The van der Waals surface area contributed by atoms with E-state index in [4.69, 9.17) is 0 Å². The number of nitrogens with zero attached hydrogens (tertiary/aromatic N) is 2. The molecule has 0 radical (unpaired) electrons. The van der Waals surface area contributed by atoms with Crippen molar-refractivity contribution in [2.75, 3.05) is 37.6 Å². The smallest absolute Gasteiger partial charge is 0.226 e. The normalized spacial score (nSPS) is 22.2. The van der Waals surface area contributed by atoms with E-state index in [0.717, 1.165) is 38.0 Å². The summed E-state index contributed by atoms with van der Waals surface area (Å²) < 4.78 is 13.0. The lowest BCUT2D eigenvalue weighted by molar-refractivity contribution is -0.135. The summed E-state index contributed by atoms with van der Waals surface area (Å²) in [4.78, 5) is 28.8. The molecule has 26 heavy (non-hydrogen) atoms. The van der Waals surface area contributed by atoms with Crippen LogP contribution in [0.2, 0.25) is 0 Å². The van der Waals surface area contributed by atoms with Crippen LogP contribution in [-0.4, -0.2) is 49.4 Å². The molecule has 1 heterocycles. The van der Waals surface area contributed by atoms with Crippen molar-refractivity contribution in [1.29, 1.82) is 0 Å². The van der Waals surface area contributed by atoms with Crippen molar-refractivity contribution >= 4 is 17.5 Å². The van der Waals surface area contributed by atoms with E-state index in [-0.39, 0.29) is 29.5 Å². The van der Waals surface area contributed by atoms with Gasteiger partial charge in [-0.05, 0) is 37.1 Å². The van der Waals surface area contributed by atoms with E-state index in [0.29, 0.717) is 26.1 Å². The number of carbonyl (C=O) groups excluding carboxylic acids is 2. The molecule has 1 aromatic carbocycles. The van der Waals surface area contributed by atoms with Crippen LogP contribution in [0.1, 0.15) is 32.6 Å². The molecular weight excluding hydrogens is 333 g/mol. The van der Waals surface area contributed by atoms with Crippen molar-refractivity contribution in [2.24, 2.45) is 11.8 Å². The van der Waals surface area contributed by atoms with Gasteiger partial charge in [-0.25, -0.2) is 4.39 Å². The lowest BCUT2D eigenvalue weighted by Gasteiger charge is -2.36. The van der Waals surface area contributed by atoms with Gasteiger partial charge in [0.25, 0.3) is 0 Å². The van der Waals surface area contributed by atoms with Gasteiger partial charge < -0.3 is 15.1 Å². The van der Waals surface area contributed by atoms with Crippen molar-refractivity contribution in [3.8, 4) is 0 Å². The van der Waals surface area contributed by atoms with Gasteiger partial charge in [-0.1, -0.05) is 19.8 Å². The molecule has 2 aliphatic rings. The van der Waals surface area contributed by atoms with Gasteiger partial charge in [-0.15, -0.1) is 0 Å². The highest BCUT2D eigenvalue weighted by molar-refractivity contribution is 5.92. The van der Waals surface area contributed by atoms with Gasteiger partial charge in [0.2, 0.25) is 11.8 Å². The lowest BCUT2D eigenvalue weighted by Crippen LogP contribution is -2.49. The number of carbonyl (C=O) groups is 2. The topological polar surface area (TPSA) is 52.7 Å². The maximum Gasteiger partial charge on any atom is 0.226 e. The van der Waals surface area contributed by atoms with E-state index >= 15 is 0 Å². The highest BCUT2D eigenvalue weighted by atomic mass is 19.1. The number of benzene rings is 1. The van der Waals surface area contributed by atoms with E-state index in [1.165, 1.54) is 12.1 Å². The predicted molar refractivity (Wildman–Crippen MR) is 99.3 cm³/mol. The fourth-order valence-electron chi connectivity index (χ4n) is 3.55. The summed E-state index contributed by atoms with van der Waals surface area (Å²) in [6.45, 7) is 5.61. The number of piperazine rings is 1. The molecule has 0 aromatic heterocycles. The molecule has 0 bridgehead atoms. The fourth-order valence-corrected chi connectivity index (χ4v) is 3.55. The third-order valence-corrected chi connectivity index (χ3v) is 5.31. The van der Waals surface area contributed by atoms with Crippen molar-refractivity contribution in [2.45, 2.75) is 32.6 Å². The Labute approximate surface area is 154 Å². The second-order valence-electron chi connectivity index (χ2n) is 7.24. The van der Waals surface area contributed by atoms with Crippen molar-refractivity contribution in [3.63, 3.8) is 0 Å². The Balaban J connectivity index is 1.42. The van der Waals surface area contributed by atoms with E-state index in [1.54, 1.807) is 12.1 Å². The number of unbranched alkanes of at least 4 members (excludes halogenated alkanes) is 2. The molecule has 1 saturated heterocycles. The lowest BCUT2D eigenvalue weighted by atomic mass is 10.2. The Morgan fingerprint density at radius 2 is 1.77 bits per heavy atom. The first-order valence-corrected chi connectivity index (χ1v) is 9.67. The quantitative estimate of drug-likeness (QED) is 0.759. The Morgan fingerprint density at radius 1 is 1.08 bits per heavy atom. The maximum absolute atomic E-state index is 13.0. The molecule has 1 aromatic rings. The molecule has 1 N–H and O–H groups in total. The summed E-state index contributed by atoms with van der Waals surface area (Å²) in [5.41, 5.74) is 0.981. The second kappa shape index (κ2) is 8.52. The molecule has 1 aliphatic carbocycles. The molecule has 2 amide bonds. The Hall–Kier alpha value is -2.11. The van der Waals surface area contributed by atoms with E-state index in [2.05, 4.69) is 17.1 Å². The van der Waals surface area contributed by atoms with Crippen LogP contribution in [0.3, 0.4) is 0 Å². The van der Waals surface area contributed by atoms with Crippen LogP contribution in [0, 0.1) is 17.7 Å². The van der Waals surface area contributed by atoms with Gasteiger partial charge in [0.15, 0.2) is 0 Å². The summed E-state index contributed by atoms with van der Waals surface area (Å²) in [6, 6.07) is 6.46. The standard InChI is InChI=1S/C20H28FN3O2/c1-2-3-4-9-22-19(25)17-14-18(17)20(26)24-12-10-23(11-13-24)16-7-5-15(21)6-8-16/h5-8,17-18H,2-4,9-14H2,1H3,(H,22,25). The molecule has 142 valence electrons. The minimum absolute atomic E-state index is 0.0319. The highest BCUT2D eigenvalue weighted by Crippen LogP contribution is 2.40. The second-order valence-corrected chi connectivity index (χ2v) is 7.24. The Morgan fingerprint density at radius 3 is 2.42 bits per heavy atom. The number of anilines is 1. The fraction of sp³-hybridized carbons (Fsp3) is 0.600. The van der Waals surface area contributed by atoms with Gasteiger partial charge in [0, 0.05) is 38.4 Å². The SMILES string of the molecule is CCCCCNC(=O)C1CC1C(=O)N1CCN(c2ccc(F)cc2)CC1. The third kappa shape index (κ3) is 4.54. The number of amides is 2. The van der Waals surface area contributed by atoms with Crippen LogP contribution in [0.4, 0.5) is 10.1 Å². The number of rotatable bonds is 7. The minimum Gasteiger partial charge on any atom is -0.368 e. The molecule has 1 aliphatic heterocycles. The van der Waals surface area contributed by atoms with Crippen LogP contribution >= 0.6 is 0 Å². The van der Waals surface area contributed by atoms with Gasteiger partial charge in [-0.3, -0.25) is 9.59 Å². The number of hydrogen-bond acceptors (Lipinski definition) is 3. The number of halogens is 1. The van der Waals surface area contributed by atoms with E-state index in [1.807, 2.05) is 4.90 Å². The third-order valence-electron chi connectivity index (χ3n) is 5.31. The maximum atomic E-state index is 13.0. The van der Waals surface area contributed by atoms with E-state index < -0.39 is 0 Å². The summed E-state index contributed by atoms with van der Waals surface area (Å²) in [7, 11) is 0. The van der Waals surface area contributed by atoms with Crippen molar-refractivity contribution in [3.05, 3.63) is 30.1 Å². The van der Waals surface area contributed by atoms with Crippen LogP contribution in [0.25, 0.3) is 0 Å². The first-order chi connectivity index (χ1) is 12.6. The van der Waals surface area contributed by atoms with Gasteiger partial charge >= 0.3 is 0 Å². The van der Waals surface area contributed by atoms with Gasteiger partial charge in [0.05, 0.1) is 11.8 Å². The zero-order valence-electron chi connectivity index (χ0n) is 15.4. The summed E-state index contributed by atoms with van der Waals surface area (Å²) in [5, 5.41) is 2.95. The number of hydrogen-bond donors (Lipinski definition) is 1. The largest absolute Gasteiger partial charge is 0.368 e. The van der Waals surface area contributed by atoms with E-state index in [9.17, 15) is 14.0 Å². The van der Waals surface area contributed by atoms with Crippen LogP contribution in [0.15, 0.2) is 24.3 Å². The monoisotopic (exact) mass is 361 g/mol. The predicted octanol–water partition coefficient (Wildman–Crippen LogP) is 2.42. The van der Waals surface area contributed by atoms with Gasteiger partial charge in [-0.2, -0.15) is 0 Å². The first-order valence-electron chi connectivity index (χ1n) is 9.67. The van der Waals surface area contributed by atoms with Gasteiger partial charge in [0.1, 0.15) is 5.82 Å². The Bertz CT molecular complexity index is 626. The highest BCUT2D eigenvalue weighted by Gasteiger charge is 2.49. The average Bonchev–Trinajstić information content (AvgIpc) is 3.46. The zero-order valence-corrected chi connectivity index (χ0v) is 15.4. The molecular formula is C20H28FN3O2. The summed E-state index contributed by atoms with van der Waals surface area (Å²) in [5.74, 6) is -0.380. The molecule has 0 spiro atoms. The first kappa shape index (κ1) is 18.7. The van der Waals surface area contributed by atoms with Crippen LogP contribution < -0.4 is 10.2 Å². The molecule has 2 fully saturated rings. The zero-order chi connectivity index (χ0) is 18.5. The molecule has 2 unspecified atom stereocenters. The van der Waals surface area contributed by atoms with Crippen LogP contribution in [-0.2, 0) is 9.59 Å². The summed E-state index contributed by atoms with van der Waals surface area (Å²) in [6.07, 6.45) is 3.92. The summed E-state index contributed by atoms with van der Waals surface area (Å²) >= 11 is 0. The number of nitrogens with one attached hydrogen (secondary N) is 1. The molecule has 6 heteroatoms. The molecule has 3 rings (SSSR count). The minimum atomic E-state index is -0.240.